The summed E-state index contributed by atoms with van der Waals surface area (Å²) in [5, 5.41) is 0. The van der Waals surface area contributed by atoms with Gasteiger partial charge in [0.05, 0.1) is 12.7 Å². The number of methoxy groups -OCH3 is 1. The number of hydrogen-bond acceptors (Lipinski definition) is 3. The van der Waals surface area contributed by atoms with E-state index in [2.05, 4.69) is 13.8 Å². The van der Waals surface area contributed by atoms with E-state index in [1.54, 1.807) is 7.11 Å². The summed E-state index contributed by atoms with van der Waals surface area (Å²) in [6.07, 6.45) is 1.74. The summed E-state index contributed by atoms with van der Waals surface area (Å²) in [6, 6.07) is 3.81. The van der Waals surface area contributed by atoms with Crippen molar-refractivity contribution in [2.45, 2.75) is 40.5 Å². The lowest BCUT2D eigenvalue weighted by atomic mass is 10.0. The number of aryl methyl sites for hydroxylation is 2. The van der Waals surface area contributed by atoms with E-state index in [0.717, 1.165) is 24.0 Å². The first kappa shape index (κ1) is 19.3. The van der Waals surface area contributed by atoms with Crippen molar-refractivity contribution in [1.29, 1.82) is 0 Å². The van der Waals surface area contributed by atoms with Crippen molar-refractivity contribution in [3.8, 4) is 5.75 Å². The van der Waals surface area contributed by atoms with Crippen LogP contribution < -0.4 is 4.74 Å². The Morgan fingerprint density at radius 3 is 2.04 bits per heavy atom. The first-order chi connectivity index (χ1) is 11.9. The molecular weight excluding hydrogens is 316 g/mol. The first-order valence-electron chi connectivity index (χ1n) is 9.16. The molecule has 25 heavy (non-hydrogen) atoms. The minimum atomic E-state index is -0.0189. The fourth-order valence-corrected chi connectivity index (χ4v) is 3.32. The van der Waals surface area contributed by atoms with Crippen LogP contribution in [0.4, 0.5) is 0 Å². The van der Waals surface area contributed by atoms with E-state index in [1.807, 2.05) is 35.8 Å². The second-order valence-electron chi connectivity index (χ2n) is 6.77. The topological polar surface area (TPSA) is 49.9 Å². The predicted octanol–water partition coefficient (Wildman–Crippen LogP) is 3.03. The molecule has 0 bridgehead atoms. The van der Waals surface area contributed by atoms with Gasteiger partial charge in [0.1, 0.15) is 5.75 Å². The molecule has 0 aliphatic carbocycles. The van der Waals surface area contributed by atoms with Crippen LogP contribution in [0.25, 0.3) is 0 Å². The van der Waals surface area contributed by atoms with Gasteiger partial charge in [-0.3, -0.25) is 9.59 Å². The summed E-state index contributed by atoms with van der Waals surface area (Å²) in [5.41, 5.74) is 2.78. The number of nitrogens with zero attached hydrogens (tertiary/aromatic N) is 2. The van der Waals surface area contributed by atoms with Gasteiger partial charge in [-0.1, -0.05) is 13.8 Å². The van der Waals surface area contributed by atoms with Crippen LogP contribution in [-0.4, -0.2) is 54.9 Å². The summed E-state index contributed by atoms with van der Waals surface area (Å²) in [4.78, 5) is 29.1. The van der Waals surface area contributed by atoms with Crippen molar-refractivity contribution in [1.82, 2.24) is 9.80 Å². The normalized spacial score (nSPS) is 14.8. The molecule has 1 heterocycles. The molecule has 0 spiro atoms. The fourth-order valence-electron chi connectivity index (χ4n) is 3.32. The van der Waals surface area contributed by atoms with Crippen molar-refractivity contribution in [3.05, 3.63) is 28.8 Å². The minimum absolute atomic E-state index is 0.0189. The maximum atomic E-state index is 12.9. The first-order valence-corrected chi connectivity index (χ1v) is 9.16. The Morgan fingerprint density at radius 1 is 1.00 bits per heavy atom. The van der Waals surface area contributed by atoms with Crippen molar-refractivity contribution in [3.63, 3.8) is 0 Å². The maximum absolute atomic E-state index is 12.9. The van der Waals surface area contributed by atoms with E-state index in [-0.39, 0.29) is 17.7 Å². The van der Waals surface area contributed by atoms with Crippen LogP contribution in [0.5, 0.6) is 5.75 Å². The Kier molecular flexibility index (Phi) is 6.45. The molecule has 2 amide bonds. The highest BCUT2D eigenvalue weighted by atomic mass is 16.5. The Bertz CT molecular complexity index is 630. The second-order valence-corrected chi connectivity index (χ2v) is 6.77. The van der Waals surface area contributed by atoms with Gasteiger partial charge in [-0.05, 0) is 49.9 Å². The Morgan fingerprint density at radius 2 is 1.52 bits per heavy atom. The highest BCUT2D eigenvalue weighted by Crippen LogP contribution is 2.25. The van der Waals surface area contributed by atoms with Crippen LogP contribution >= 0.6 is 0 Å². The largest absolute Gasteiger partial charge is 0.496 e. The summed E-state index contributed by atoms with van der Waals surface area (Å²) in [7, 11) is 1.59. The van der Waals surface area contributed by atoms with Crippen molar-refractivity contribution in [2.24, 2.45) is 5.92 Å². The molecule has 1 aromatic rings. The second kappa shape index (κ2) is 8.37. The van der Waals surface area contributed by atoms with Gasteiger partial charge < -0.3 is 14.5 Å². The van der Waals surface area contributed by atoms with Crippen LogP contribution in [0, 0.1) is 19.8 Å². The molecule has 5 nitrogen and oxygen atoms in total. The molecule has 5 heteroatoms. The average Bonchev–Trinajstić information content (AvgIpc) is 2.64. The van der Waals surface area contributed by atoms with Crippen LogP contribution in [-0.2, 0) is 4.79 Å². The average molecular weight is 346 g/mol. The molecular formula is C20H30N2O3. The van der Waals surface area contributed by atoms with Gasteiger partial charge in [-0.25, -0.2) is 0 Å². The van der Waals surface area contributed by atoms with Gasteiger partial charge in [0.25, 0.3) is 5.91 Å². The summed E-state index contributed by atoms with van der Waals surface area (Å²) >= 11 is 0. The highest BCUT2D eigenvalue weighted by molar-refractivity contribution is 5.97. The minimum Gasteiger partial charge on any atom is -0.496 e. The molecule has 1 aromatic carbocycles. The number of amides is 2. The van der Waals surface area contributed by atoms with Gasteiger partial charge in [-0.2, -0.15) is 0 Å². The zero-order chi connectivity index (χ0) is 18.6. The lowest BCUT2D eigenvalue weighted by molar-refractivity contribution is -0.137. The molecule has 138 valence electrons. The van der Waals surface area contributed by atoms with Crippen molar-refractivity contribution >= 4 is 11.8 Å². The van der Waals surface area contributed by atoms with Crippen molar-refractivity contribution in [2.75, 3.05) is 33.3 Å². The zero-order valence-electron chi connectivity index (χ0n) is 16.1. The van der Waals surface area contributed by atoms with E-state index >= 15 is 0 Å². The lowest BCUT2D eigenvalue weighted by Gasteiger charge is -2.36. The molecule has 1 saturated heterocycles. The third-order valence-electron chi connectivity index (χ3n) is 5.26. The molecule has 0 unspecified atom stereocenters. The van der Waals surface area contributed by atoms with Crippen molar-refractivity contribution < 1.29 is 14.3 Å². The molecule has 0 saturated carbocycles. The third-order valence-corrected chi connectivity index (χ3v) is 5.26. The number of carbonyl (C=O) groups excluding carboxylic acids is 2. The number of ether oxygens (including phenoxy) is 1. The van der Waals surface area contributed by atoms with Gasteiger partial charge in [0, 0.05) is 32.1 Å². The summed E-state index contributed by atoms with van der Waals surface area (Å²) in [6.45, 7) is 10.5. The monoisotopic (exact) mass is 346 g/mol. The molecule has 0 aromatic heterocycles. The van der Waals surface area contributed by atoms with E-state index in [1.165, 1.54) is 0 Å². The van der Waals surface area contributed by atoms with Gasteiger partial charge in [-0.15, -0.1) is 0 Å². The van der Waals surface area contributed by atoms with Crippen LogP contribution in [0.1, 0.15) is 48.2 Å². The van der Waals surface area contributed by atoms with Gasteiger partial charge in [0.15, 0.2) is 0 Å². The Labute approximate surface area is 150 Å². The Hall–Kier alpha value is -2.04. The van der Waals surface area contributed by atoms with Gasteiger partial charge >= 0.3 is 0 Å². The van der Waals surface area contributed by atoms with Crippen LogP contribution in [0.2, 0.25) is 0 Å². The number of hydrogen-bond donors (Lipinski definition) is 0. The highest BCUT2D eigenvalue weighted by Gasteiger charge is 2.28. The lowest BCUT2D eigenvalue weighted by Crippen LogP contribution is -2.52. The Balaban J connectivity index is 2.07. The molecule has 0 radical (unpaired) electrons. The number of benzene rings is 1. The summed E-state index contributed by atoms with van der Waals surface area (Å²) in [5.74, 6) is 0.918. The quantitative estimate of drug-likeness (QED) is 0.823. The fraction of sp³-hybridized carbons (Fsp3) is 0.600. The smallest absolute Gasteiger partial charge is 0.257 e. The number of rotatable bonds is 5. The van der Waals surface area contributed by atoms with Crippen LogP contribution in [0.3, 0.4) is 0 Å². The number of carbonyl (C=O) groups is 2. The molecule has 0 N–H and O–H groups in total. The van der Waals surface area contributed by atoms with E-state index in [9.17, 15) is 9.59 Å². The van der Waals surface area contributed by atoms with Gasteiger partial charge in [0.2, 0.25) is 5.91 Å². The molecule has 0 atom stereocenters. The SMILES string of the molecule is CCC(CC)C(=O)N1CCN(C(=O)c2cc(C)c(C)cc2OC)CC1. The molecule has 1 fully saturated rings. The molecule has 1 aliphatic heterocycles. The van der Waals surface area contributed by atoms with E-state index < -0.39 is 0 Å². The third kappa shape index (κ3) is 4.14. The predicted molar refractivity (Wildman–Crippen MR) is 99.0 cm³/mol. The molecule has 1 aliphatic rings. The van der Waals surface area contributed by atoms with E-state index in [0.29, 0.717) is 37.5 Å². The number of piperazine rings is 1. The summed E-state index contributed by atoms with van der Waals surface area (Å²) < 4.78 is 5.40. The maximum Gasteiger partial charge on any atom is 0.257 e. The van der Waals surface area contributed by atoms with E-state index in [4.69, 9.17) is 4.74 Å². The standard InChI is InChI=1S/C20H30N2O3/c1-6-16(7-2)19(23)21-8-10-22(11-9-21)20(24)17-12-14(3)15(4)13-18(17)25-5/h12-13,16H,6-11H2,1-5H3. The molecule has 2 rings (SSSR count). The van der Waals surface area contributed by atoms with Crippen LogP contribution in [0.15, 0.2) is 12.1 Å². The zero-order valence-corrected chi connectivity index (χ0v) is 16.1.